The Labute approximate surface area is 158 Å². The molecule has 0 aliphatic carbocycles. The predicted octanol–water partition coefficient (Wildman–Crippen LogP) is 5.46. The van der Waals surface area contributed by atoms with E-state index in [2.05, 4.69) is 33.5 Å². The molecule has 0 saturated heterocycles. The normalized spacial score (nSPS) is 10.3. The van der Waals surface area contributed by atoms with Crippen molar-refractivity contribution in [2.75, 3.05) is 23.8 Å². The van der Waals surface area contributed by atoms with Crippen LogP contribution < -0.4 is 15.4 Å². The first kappa shape index (κ1) is 19.3. The molecule has 0 spiro atoms. The summed E-state index contributed by atoms with van der Waals surface area (Å²) < 4.78 is 6.63. The van der Waals surface area contributed by atoms with Gasteiger partial charge in [0.25, 0.3) is 0 Å². The van der Waals surface area contributed by atoms with E-state index in [9.17, 15) is 4.79 Å². The Kier molecular flexibility index (Phi) is 8.32. The van der Waals surface area contributed by atoms with Crippen LogP contribution in [0.5, 0.6) is 5.75 Å². The molecule has 0 saturated carbocycles. The second-order valence-corrected chi connectivity index (χ2v) is 6.67. The van der Waals surface area contributed by atoms with Crippen molar-refractivity contribution in [1.82, 2.24) is 0 Å². The van der Waals surface area contributed by atoms with Gasteiger partial charge >= 0.3 is 0 Å². The minimum absolute atomic E-state index is 0.0993. The van der Waals surface area contributed by atoms with Crippen molar-refractivity contribution in [2.24, 2.45) is 0 Å². The third-order valence-corrected chi connectivity index (χ3v) is 4.39. The maximum Gasteiger partial charge on any atom is 0.243 e. The molecule has 1 amide bonds. The van der Waals surface area contributed by atoms with Gasteiger partial charge in [0.15, 0.2) is 0 Å². The fourth-order valence-corrected chi connectivity index (χ4v) is 2.74. The Morgan fingerprint density at radius 2 is 1.92 bits per heavy atom. The number of hydrogen-bond acceptors (Lipinski definition) is 3. The molecule has 0 aliphatic rings. The minimum atomic E-state index is -0.0993. The summed E-state index contributed by atoms with van der Waals surface area (Å²) in [6.45, 7) is 3.12. The number of hydrogen-bond donors (Lipinski definition) is 2. The molecule has 0 aromatic heterocycles. The summed E-state index contributed by atoms with van der Waals surface area (Å²) in [6.07, 6.45) is 4.74. The Bertz CT molecular complexity index is 676. The number of para-hydroxylation sites is 1. The molecular formula is C20H25BrN2O2. The molecule has 2 aromatic rings. The lowest BCUT2D eigenvalue weighted by molar-refractivity contribution is -0.114. The van der Waals surface area contributed by atoms with Crippen molar-refractivity contribution in [3.05, 3.63) is 53.0 Å². The monoisotopic (exact) mass is 404 g/mol. The number of ether oxygens (including phenoxy) is 1. The minimum Gasteiger partial charge on any atom is -0.494 e. The number of benzene rings is 2. The van der Waals surface area contributed by atoms with Crippen LogP contribution in [-0.2, 0) is 4.79 Å². The molecule has 0 atom stereocenters. The topological polar surface area (TPSA) is 50.4 Å². The summed E-state index contributed by atoms with van der Waals surface area (Å²) in [5.41, 5.74) is 1.63. The van der Waals surface area contributed by atoms with Crippen molar-refractivity contribution < 1.29 is 9.53 Å². The molecule has 5 heteroatoms. The van der Waals surface area contributed by atoms with Crippen LogP contribution in [-0.4, -0.2) is 19.1 Å². The summed E-state index contributed by atoms with van der Waals surface area (Å²) in [5.74, 6) is 0.727. The maximum absolute atomic E-state index is 12.1. The molecule has 0 heterocycles. The van der Waals surface area contributed by atoms with Crippen LogP contribution in [0.3, 0.4) is 0 Å². The third-order valence-electron chi connectivity index (χ3n) is 3.70. The zero-order valence-corrected chi connectivity index (χ0v) is 16.1. The van der Waals surface area contributed by atoms with Crippen LogP contribution in [0.1, 0.15) is 32.6 Å². The lowest BCUT2D eigenvalue weighted by Crippen LogP contribution is -2.21. The van der Waals surface area contributed by atoms with Crippen LogP contribution >= 0.6 is 15.9 Å². The van der Waals surface area contributed by atoms with E-state index in [1.54, 1.807) is 0 Å². The van der Waals surface area contributed by atoms with E-state index in [-0.39, 0.29) is 12.5 Å². The standard InChI is InChI=1S/C20H25BrN2O2/c1-2-3-4-7-13-25-17-10-8-9-16(14-17)22-15-20(24)23-19-12-6-5-11-18(19)21/h5-6,8-12,14,22H,2-4,7,13,15H2,1H3,(H,23,24). The van der Waals surface area contributed by atoms with Crippen molar-refractivity contribution in [3.8, 4) is 5.75 Å². The maximum atomic E-state index is 12.1. The third kappa shape index (κ3) is 7.18. The lowest BCUT2D eigenvalue weighted by Gasteiger charge is -2.11. The summed E-state index contributed by atoms with van der Waals surface area (Å²) in [6, 6.07) is 15.3. The Morgan fingerprint density at radius 3 is 2.72 bits per heavy atom. The van der Waals surface area contributed by atoms with Crippen molar-refractivity contribution in [3.63, 3.8) is 0 Å². The molecule has 134 valence electrons. The fourth-order valence-electron chi connectivity index (χ4n) is 2.35. The Morgan fingerprint density at radius 1 is 1.08 bits per heavy atom. The van der Waals surface area contributed by atoms with Crippen LogP contribution in [0.25, 0.3) is 0 Å². The van der Waals surface area contributed by atoms with Gasteiger partial charge in [-0.3, -0.25) is 4.79 Å². The van der Waals surface area contributed by atoms with E-state index in [1.165, 1.54) is 19.3 Å². The fraction of sp³-hybridized carbons (Fsp3) is 0.350. The number of halogens is 1. The van der Waals surface area contributed by atoms with Gasteiger partial charge in [0.1, 0.15) is 5.75 Å². The number of amides is 1. The number of anilines is 2. The molecule has 0 fully saturated rings. The molecule has 2 rings (SSSR count). The predicted molar refractivity (Wildman–Crippen MR) is 107 cm³/mol. The van der Waals surface area contributed by atoms with E-state index in [0.29, 0.717) is 0 Å². The molecule has 0 unspecified atom stereocenters. The highest BCUT2D eigenvalue weighted by atomic mass is 79.9. The van der Waals surface area contributed by atoms with Crippen molar-refractivity contribution in [1.29, 1.82) is 0 Å². The van der Waals surface area contributed by atoms with E-state index in [4.69, 9.17) is 4.74 Å². The molecular weight excluding hydrogens is 380 g/mol. The van der Waals surface area contributed by atoms with Crippen LogP contribution in [0.2, 0.25) is 0 Å². The van der Waals surface area contributed by atoms with Gasteiger partial charge in [-0.05, 0) is 46.6 Å². The van der Waals surface area contributed by atoms with E-state index >= 15 is 0 Å². The van der Waals surface area contributed by atoms with Gasteiger partial charge in [-0.1, -0.05) is 44.4 Å². The molecule has 4 nitrogen and oxygen atoms in total. The van der Waals surface area contributed by atoms with E-state index in [0.717, 1.165) is 34.6 Å². The number of nitrogens with one attached hydrogen (secondary N) is 2. The highest BCUT2D eigenvalue weighted by Gasteiger charge is 2.05. The highest BCUT2D eigenvalue weighted by Crippen LogP contribution is 2.21. The summed E-state index contributed by atoms with van der Waals surface area (Å²) in [4.78, 5) is 12.1. The molecule has 0 aliphatic heterocycles. The number of carbonyl (C=O) groups excluding carboxylic acids is 1. The first-order valence-electron chi connectivity index (χ1n) is 8.70. The van der Waals surface area contributed by atoms with Crippen LogP contribution in [0, 0.1) is 0 Å². The Hall–Kier alpha value is -2.01. The molecule has 2 aromatic carbocycles. The average molecular weight is 405 g/mol. The van der Waals surface area contributed by atoms with E-state index in [1.807, 2.05) is 48.5 Å². The summed E-state index contributed by atoms with van der Waals surface area (Å²) >= 11 is 3.42. The van der Waals surface area contributed by atoms with Gasteiger partial charge in [0.05, 0.1) is 18.8 Å². The van der Waals surface area contributed by atoms with Gasteiger partial charge < -0.3 is 15.4 Å². The smallest absolute Gasteiger partial charge is 0.243 e. The largest absolute Gasteiger partial charge is 0.494 e. The zero-order valence-electron chi connectivity index (χ0n) is 14.6. The number of unbranched alkanes of at least 4 members (excludes halogenated alkanes) is 3. The van der Waals surface area contributed by atoms with E-state index < -0.39 is 0 Å². The molecule has 0 radical (unpaired) electrons. The van der Waals surface area contributed by atoms with Gasteiger partial charge in [-0.2, -0.15) is 0 Å². The number of carbonyl (C=O) groups is 1. The van der Waals surface area contributed by atoms with Crippen molar-refractivity contribution in [2.45, 2.75) is 32.6 Å². The first-order valence-corrected chi connectivity index (χ1v) is 9.49. The summed E-state index contributed by atoms with van der Waals surface area (Å²) in [7, 11) is 0. The van der Waals surface area contributed by atoms with Gasteiger partial charge in [-0.15, -0.1) is 0 Å². The second-order valence-electron chi connectivity index (χ2n) is 5.82. The highest BCUT2D eigenvalue weighted by molar-refractivity contribution is 9.10. The lowest BCUT2D eigenvalue weighted by atomic mass is 10.2. The summed E-state index contributed by atoms with van der Waals surface area (Å²) in [5, 5.41) is 6.00. The quantitative estimate of drug-likeness (QED) is 0.516. The number of rotatable bonds is 10. The van der Waals surface area contributed by atoms with Crippen LogP contribution in [0.4, 0.5) is 11.4 Å². The van der Waals surface area contributed by atoms with Gasteiger partial charge in [0.2, 0.25) is 5.91 Å². The average Bonchev–Trinajstić information content (AvgIpc) is 2.62. The van der Waals surface area contributed by atoms with Crippen LogP contribution in [0.15, 0.2) is 53.0 Å². The Balaban J connectivity index is 1.77. The molecule has 25 heavy (non-hydrogen) atoms. The molecule has 2 N–H and O–H groups in total. The molecule has 0 bridgehead atoms. The zero-order chi connectivity index (χ0) is 17.9. The van der Waals surface area contributed by atoms with Gasteiger partial charge in [-0.25, -0.2) is 0 Å². The SMILES string of the molecule is CCCCCCOc1cccc(NCC(=O)Nc2ccccc2Br)c1. The first-order chi connectivity index (χ1) is 12.2. The van der Waals surface area contributed by atoms with Gasteiger partial charge in [0, 0.05) is 16.2 Å². The van der Waals surface area contributed by atoms with Crippen molar-refractivity contribution >= 4 is 33.2 Å². The second kappa shape index (κ2) is 10.8.